The summed E-state index contributed by atoms with van der Waals surface area (Å²) in [4.78, 5) is 0. The lowest BCUT2D eigenvalue weighted by Gasteiger charge is -2.59. The van der Waals surface area contributed by atoms with E-state index in [1.807, 2.05) is 6.92 Å². The molecular formula is C40H70O24. The highest BCUT2D eigenvalue weighted by Gasteiger charge is 2.67. The molecule has 7 heterocycles. The van der Waals surface area contributed by atoms with Crippen molar-refractivity contribution < 1.29 is 119 Å². The van der Waals surface area contributed by atoms with Crippen LogP contribution in [-0.2, 0) is 47.4 Å². The van der Waals surface area contributed by atoms with Crippen molar-refractivity contribution in [2.24, 2.45) is 17.8 Å². The van der Waals surface area contributed by atoms with Crippen molar-refractivity contribution in [2.45, 2.75) is 167 Å². The third-order valence-corrected chi connectivity index (χ3v) is 14.2. The van der Waals surface area contributed by atoms with E-state index in [-0.39, 0.29) is 39.6 Å². The molecule has 0 spiro atoms. The lowest BCUT2D eigenvalue weighted by Crippen LogP contribution is -2.79. The van der Waals surface area contributed by atoms with Crippen molar-refractivity contribution in [3.8, 4) is 0 Å². The second-order valence-corrected chi connectivity index (χ2v) is 18.4. The van der Waals surface area contributed by atoms with Crippen LogP contribution in [0.15, 0.2) is 0 Å². The quantitative estimate of drug-likeness (QED) is 0.0572. The zero-order valence-corrected chi connectivity index (χ0v) is 36.3. The van der Waals surface area contributed by atoms with Crippen LogP contribution in [0.5, 0.6) is 0 Å². The van der Waals surface area contributed by atoms with Crippen LogP contribution in [0, 0.1) is 17.8 Å². The molecule has 0 aromatic heterocycles. The Morgan fingerprint density at radius 1 is 0.500 bits per heavy atom. The fourth-order valence-corrected chi connectivity index (χ4v) is 9.58. The van der Waals surface area contributed by atoms with Crippen LogP contribution in [0.2, 0.25) is 0 Å². The molecule has 2 bridgehead atoms. The van der Waals surface area contributed by atoms with Gasteiger partial charge in [-0.2, -0.15) is 0 Å². The molecule has 0 aliphatic carbocycles. The maximum Gasteiger partial charge on any atom is 0.222 e. The molecule has 24 nitrogen and oxygen atoms in total. The summed E-state index contributed by atoms with van der Waals surface area (Å²) in [5.41, 5.74) is -3.20. The first kappa shape index (κ1) is 52.4. The standard InChI is InChI=1S/C40H70O24/c1-5-38(3)19(29(47)31(49)24(62-38)13-55-9-17-20(6-41)59-16(2)26(44)27(17)45)11-57-12-23-30(48)28(46)18(21(7-42)60-23)10-56-14-25-32(50)34-36(53)40(63-25,64-34)15-58-37-39(4,54)35(52)33(51)22(8-43)61-37/h16-37,41-54H,5-15H2,1-4H3. The van der Waals surface area contributed by atoms with E-state index in [1.54, 1.807) is 13.8 Å². The van der Waals surface area contributed by atoms with Crippen LogP contribution in [0.25, 0.3) is 0 Å². The van der Waals surface area contributed by atoms with E-state index in [4.69, 9.17) is 47.4 Å². The summed E-state index contributed by atoms with van der Waals surface area (Å²) in [5.74, 6) is -4.41. The Balaban J connectivity index is 0.966. The van der Waals surface area contributed by atoms with Crippen molar-refractivity contribution in [2.75, 3.05) is 66.1 Å². The molecule has 25 atom stereocenters. The van der Waals surface area contributed by atoms with Gasteiger partial charge in [0.25, 0.3) is 0 Å². The molecular weight excluding hydrogens is 864 g/mol. The van der Waals surface area contributed by atoms with Crippen LogP contribution in [-0.4, -0.2) is 271 Å². The van der Waals surface area contributed by atoms with Gasteiger partial charge in [-0.05, 0) is 27.2 Å². The van der Waals surface area contributed by atoms with Gasteiger partial charge in [-0.25, -0.2) is 0 Å². The van der Waals surface area contributed by atoms with Crippen molar-refractivity contribution in [1.82, 2.24) is 0 Å². The second kappa shape index (κ2) is 21.4. The monoisotopic (exact) mass is 934 g/mol. The average molecular weight is 935 g/mol. The Bertz CT molecular complexity index is 1460. The van der Waals surface area contributed by atoms with Crippen LogP contribution in [0.1, 0.15) is 34.1 Å². The Morgan fingerprint density at radius 2 is 1.03 bits per heavy atom. The summed E-state index contributed by atoms with van der Waals surface area (Å²) < 4.78 is 57.8. The Labute approximate surface area is 369 Å². The number of rotatable bonds is 19. The number of ether oxygens (including phenoxy) is 10. The zero-order chi connectivity index (χ0) is 47.1. The average Bonchev–Trinajstić information content (AvgIpc) is 3.27. The van der Waals surface area contributed by atoms with E-state index in [0.717, 1.165) is 6.92 Å². The van der Waals surface area contributed by atoms with E-state index >= 15 is 0 Å². The van der Waals surface area contributed by atoms with Gasteiger partial charge in [0.05, 0.1) is 102 Å². The lowest BCUT2D eigenvalue weighted by atomic mass is 9.77. The number of hydrogen-bond acceptors (Lipinski definition) is 24. The highest BCUT2D eigenvalue weighted by Crippen LogP contribution is 2.45. The SMILES string of the molecule is CCC1(C)OC(COCC2C(CO)OC(C)C(O)C2O)C(O)C(O)C1COCC1OC(CO)C(COCC2OC3(COC4OC(CO)C(O)C(O)C4(C)O)OC(C2O)C3O)C(O)C1O. The number of aliphatic hydroxyl groups excluding tert-OH is 13. The number of hydrogen-bond donors (Lipinski definition) is 14. The van der Waals surface area contributed by atoms with Crippen LogP contribution < -0.4 is 0 Å². The maximum absolute atomic E-state index is 11.3. The van der Waals surface area contributed by atoms with Gasteiger partial charge in [-0.1, -0.05) is 6.92 Å². The Morgan fingerprint density at radius 3 is 1.61 bits per heavy atom. The molecule has 0 aromatic carbocycles. The van der Waals surface area contributed by atoms with E-state index in [1.165, 1.54) is 0 Å². The topological polar surface area (TPSA) is 376 Å². The fraction of sp³-hybridized carbons (Fsp3) is 1.00. The number of aliphatic hydroxyl groups is 14. The zero-order valence-electron chi connectivity index (χ0n) is 36.3. The highest BCUT2D eigenvalue weighted by atomic mass is 16.8. The first-order valence-electron chi connectivity index (χ1n) is 21.9. The van der Waals surface area contributed by atoms with Gasteiger partial charge < -0.3 is 119 Å². The van der Waals surface area contributed by atoms with Gasteiger partial charge in [-0.3, -0.25) is 0 Å². The van der Waals surface area contributed by atoms with Crippen molar-refractivity contribution >= 4 is 0 Å². The van der Waals surface area contributed by atoms with Gasteiger partial charge >= 0.3 is 0 Å². The van der Waals surface area contributed by atoms with Gasteiger partial charge in [0.2, 0.25) is 5.79 Å². The van der Waals surface area contributed by atoms with Crippen molar-refractivity contribution in [1.29, 1.82) is 0 Å². The molecule has 7 fully saturated rings. The lowest BCUT2D eigenvalue weighted by molar-refractivity contribution is -0.485. The minimum atomic E-state index is -2.15. The summed E-state index contributed by atoms with van der Waals surface area (Å²) in [6, 6.07) is 0. The molecule has 0 amide bonds. The predicted octanol–water partition coefficient (Wildman–Crippen LogP) is -7.42. The molecule has 0 radical (unpaired) electrons. The van der Waals surface area contributed by atoms with Crippen molar-refractivity contribution in [3.05, 3.63) is 0 Å². The van der Waals surface area contributed by atoms with E-state index in [0.29, 0.717) is 6.42 Å². The molecule has 7 aliphatic rings. The molecule has 0 aromatic rings. The molecule has 374 valence electrons. The fourth-order valence-electron chi connectivity index (χ4n) is 9.58. The first-order valence-corrected chi connectivity index (χ1v) is 21.9. The summed E-state index contributed by atoms with van der Waals surface area (Å²) in [6.45, 7) is 2.53. The molecule has 25 unspecified atom stereocenters. The summed E-state index contributed by atoms with van der Waals surface area (Å²) in [5, 5.41) is 148. The minimum absolute atomic E-state index is 0.139. The third-order valence-electron chi connectivity index (χ3n) is 14.2. The number of fused-ring (bicyclic) bond motifs is 2. The summed E-state index contributed by atoms with van der Waals surface area (Å²) >= 11 is 0. The third kappa shape index (κ3) is 10.2. The van der Waals surface area contributed by atoms with Gasteiger partial charge in [0.15, 0.2) is 6.29 Å². The molecule has 0 saturated carbocycles. The van der Waals surface area contributed by atoms with Gasteiger partial charge in [0, 0.05) is 17.8 Å². The Hall–Kier alpha value is -0.960. The molecule has 14 N–H and O–H groups in total. The second-order valence-electron chi connectivity index (χ2n) is 18.4. The molecule has 7 aliphatic heterocycles. The molecule has 64 heavy (non-hydrogen) atoms. The van der Waals surface area contributed by atoms with E-state index in [2.05, 4.69) is 0 Å². The summed E-state index contributed by atoms with van der Waals surface area (Å²) in [6.07, 6.45) is -23.9. The van der Waals surface area contributed by atoms with Crippen LogP contribution in [0.4, 0.5) is 0 Å². The largest absolute Gasteiger partial charge is 0.394 e. The van der Waals surface area contributed by atoms with Gasteiger partial charge in [0.1, 0.15) is 85.5 Å². The highest BCUT2D eigenvalue weighted by molar-refractivity contribution is 5.07. The Kier molecular flexibility index (Phi) is 17.5. The summed E-state index contributed by atoms with van der Waals surface area (Å²) in [7, 11) is 0. The van der Waals surface area contributed by atoms with Crippen LogP contribution in [0.3, 0.4) is 0 Å². The molecule has 7 rings (SSSR count). The van der Waals surface area contributed by atoms with Gasteiger partial charge in [-0.15, -0.1) is 0 Å². The molecule has 24 heteroatoms. The van der Waals surface area contributed by atoms with E-state index in [9.17, 15) is 71.5 Å². The first-order chi connectivity index (χ1) is 30.2. The smallest absolute Gasteiger partial charge is 0.222 e. The van der Waals surface area contributed by atoms with Crippen LogP contribution >= 0.6 is 0 Å². The van der Waals surface area contributed by atoms with E-state index < -0.39 is 177 Å². The normalized spacial score (nSPS) is 52.0. The molecule has 7 saturated heterocycles. The predicted molar refractivity (Wildman–Crippen MR) is 209 cm³/mol. The maximum atomic E-state index is 11.3. The minimum Gasteiger partial charge on any atom is -0.394 e. The van der Waals surface area contributed by atoms with Crippen molar-refractivity contribution in [3.63, 3.8) is 0 Å².